The molecule has 0 heterocycles. The Morgan fingerprint density at radius 3 is 2.13 bits per heavy atom. The lowest BCUT2D eigenvalue weighted by Crippen LogP contribution is -2.45. The third-order valence-electron chi connectivity index (χ3n) is 5.88. The second-order valence-corrected chi connectivity index (χ2v) is 9.92. The van der Waals surface area contributed by atoms with Gasteiger partial charge >= 0.3 is 12.1 Å². The van der Waals surface area contributed by atoms with Crippen LogP contribution in [0.25, 0.3) is 0 Å². The number of amides is 3. The first-order valence-electron chi connectivity index (χ1n) is 13.5. The van der Waals surface area contributed by atoms with E-state index in [0.717, 1.165) is 0 Å². The molecule has 0 aliphatic rings. The molecule has 0 spiro atoms. The molecule has 3 aromatic carbocycles. The van der Waals surface area contributed by atoms with Crippen LogP contribution in [0.4, 0.5) is 18.9 Å². The molecule has 13 nitrogen and oxygen atoms in total. The number of hydrogen-bond acceptors (Lipinski definition) is 8. The van der Waals surface area contributed by atoms with E-state index in [9.17, 15) is 27.6 Å². The molecular formula is C30H32ClF3N6O7. The summed E-state index contributed by atoms with van der Waals surface area (Å²) >= 11 is 6.10. The Morgan fingerprint density at radius 1 is 0.979 bits per heavy atom. The number of nitrogens with one attached hydrogen (secondary N) is 4. The van der Waals surface area contributed by atoms with E-state index < -0.39 is 30.0 Å². The summed E-state index contributed by atoms with van der Waals surface area (Å²) in [6.45, 7) is 1.92. The number of nitrogens with zero attached hydrogens (tertiary/aromatic N) is 1. The molecule has 1 unspecified atom stereocenters. The third kappa shape index (κ3) is 11.7. The van der Waals surface area contributed by atoms with Crippen molar-refractivity contribution in [2.45, 2.75) is 19.1 Å². The maximum atomic E-state index is 13.4. The first-order valence-corrected chi connectivity index (χ1v) is 13.9. The molecule has 0 bridgehead atoms. The van der Waals surface area contributed by atoms with Crippen LogP contribution in [0.5, 0.6) is 11.5 Å². The normalized spacial score (nSPS) is 11.1. The predicted octanol–water partition coefficient (Wildman–Crippen LogP) is 3.74. The number of carboxylic acids is 1. The summed E-state index contributed by atoms with van der Waals surface area (Å²) in [5.74, 6) is -3.59. The van der Waals surface area contributed by atoms with Gasteiger partial charge in [-0.25, -0.2) is 4.79 Å². The summed E-state index contributed by atoms with van der Waals surface area (Å²) in [5, 5.41) is 18.1. The second kappa shape index (κ2) is 17.3. The van der Waals surface area contributed by atoms with Crippen molar-refractivity contribution in [3.63, 3.8) is 0 Å². The molecule has 0 radical (unpaired) electrons. The van der Waals surface area contributed by atoms with Gasteiger partial charge in [-0.05, 0) is 61.0 Å². The fourth-order valence-electron chi connectivity index (χ4n) is 3.48. The van der Waals surface area contributed by atoms with Gasteiger partial charge in [0.1, 0.15) is 11.9 Å². The highest BCUT2D eigenvalue weighted by molar-refractivity contribution is 6.33. The molecule has 3 rings (SSSR count). The van der Waals surface area contributed by atoms with Gasteiger partial charge in [0, 0.05) is 25.3 Å². The lowest BCUT2D eigenvalue weighted by Gasteiger charge is -2.22. The quantitative estimate of drug-likeness (QED) is 0.0993. The molecule has 0 saturated carbocycles. The number of benzene rings is 3. The van der Waals surface area contributed by atoms with E-state index in [-0.39, 0.29) is 28.9 Å². The number of carbonyl (C=O) groups is 4. The zero-order valence-corrected chi connectivity index (χ0v) is 26.0. The molecule has 17 heteroatoms. The van der Waals surface area contributed by atoms with Gasteiger partial charge in [0.25, 0.3) is 17.7 Å². The number of alkyl halides is 3. The van der Waals surface area contributed by atoms with Crippen molar-refractivity contribution in [1.82, 2.24) is 15.8 Å². The van der Waals surface area contributed by atoms with E-state index in [1.165, 1.54) is 11.0 Å². The van der Waals surface area contributed by atoms with Crippen molar-refractivity contribution in [3.05, 3.63) is 88.4 Å². The van der Waals surface area contributed by atoms with Gasteiger partial charge in [0.15, 0.2) is 18.1 Å². The Morgan fingerprint density at radius 2 is 1.60 bits per heavy atom. The minimum absolute atomic E-state index is 0.0900. The van der Waals surface area contributed by atoms with Gasteiger partial charge in [0.2, 0.25) is 0 Å². The van der Waals surface area contributed by atoms with E-state index in [1.807, 2.05) is 0 Å². The number of carbonyl (C=O) groups excluding carboxylic acids is 3. The number of halogens is 4. The second-order valence-electron chi connectivity index (χ2n) is 9.51. The predicted molar refractivity (Wildman–Crippen MR) is 166 cm³/mol. The minimum Gasteiger partial charge on any atom is -0.490 e. The number of nitrogens with two attached hydrogens (primary N) is 1. The van der Waals surface area contributed by atoms with Crippen LogP contribution >= 0.6 is 11.6 Å². The van der Waals surface area contributed by atoms with Crippen LogP contribution in [-0.4, -0.2) is 73.0 Å². The van der Waals surface area contributed by atoms with Crippen LogP contribution < -0.4 is 31.4 Å². The van der Waals surface area contributed by atoms with Gasteiger partial charge in [-0.3, -0.25) is 30.6 Å². The molecular weight excluding hydrogens is 649 g/mol. The number of hydrazine groups is 1. The number of likely N-dealkylation sites (N-methyl/N-ethyl adjacent to an activating group) is 1. The van der Waals surface area contributed by atoms with E-state index >= 15 is 0 Å². The highest BCUT2D eigenvalue weighted by Crippen LogP contribution is 2.32. The van der Waals surface area contributed by atoms with Crippen LogP contribution in [0.2, 0.25) is 5.02 Å². The first kappa shape index (κ1) is 37.7. The third-order valence-corrected chi connectivity index (χ3v) is 6.21. The fraction of sp³-hybridized carbons (Fsp3) is 0.233. The molecule has 3 aromatic rings. The molecule has 0 saturated heterocycles. The Bertz CT molecular complexity index is 1590. The number of nitrogen functional groups attached to an aromatic ring is 1. The summed E-state index contributed by atoms with van der Waals surface area (Å²) in [6, 6.07) is 16.9. The lowest BCUT2D eigenvalue weighted by molar-refractivity contribution is -0.192. The Labute approximate surface area is 272 Å². The number of rotatable bonds is 11. The molecule has 47 heavy (non-hydrogen) atoms. The highest BCUT2D eigenvalue weighted by atomic mass is 35.5. The number of hydrogen-bond donors (Lipinski definition) is 6. The van der Waals surface area contributed by atoms with Gasteiger partial charge in [-0.15, -0.1) is 0 Å². The van der Waals surface area contributed by atoms with E-state index in [2.05, 4.69) is 16.2 Å². The number of amidine groups is 1. The van der Waals surface area contributed by atoms with Crippen molar-refractivity contribution in [3.8, 4) is 11.5 Å². The van der Waals surface area contributed by atoms with Crippen LogP contribution in [-0.2, 0) is 14.4 Å². The monoisotopic (exact) mass is 680 g/mol. The summed E-state index contributed by atoms with van der Waals surface area (Å²) in [6.07, 6.45) is -5.08. The average Bonchev–Trinajstić information content (AvgIpc) is 3.02. The highest BCUT2D eigenvalue weighted by Gasteiger charge is 2.38. The summed E-state index contributed by atoms with van der Waals surface area (Å²) in [4.78, 5) is 48.3. The summed E-state index contributed by atoms with van der Waals surface area (Å²) in [5.41, 5.74) is 12.1. The zero-order chi connectivity index (χ0) is 35.3. The number of ether oxygens (including phenoxy) is 2. The van der Waals surface area contributed by atoms with Crippen molar-refractivity contribution < 1.29 is 46.9 Å². The first-order chi connectivity index (χ1) is 22.0. The average molecular weight is 681 g/mol. The molecule has 3 amide bonds. The molecule has 0 aromatic heterocycles. The SMILES string of the molecule is CCOc1cc(C(Nc2ccc(C(=N)N)cc2)C(=O)NNC(=O)c2ccccc2Cl)ccc1OCC(=O)N(C)C.O=C(O)C(F)(F)F. The van der Waals surface area contributed by atoms with Gasteiger partial charge in [-0.2, -0.15) is 13.2 Å². The summed E-state index contributed by atoms with van der Waals surface area (Å²) < 4.78 is 43.1. The molecule has 0 aliphatic carbocycles. The smallest absolute Gasteiger partial charge is 0.490 e. The maximum Gasteiger partial charge on any atom is 0.490 e. The van der Waals surface area contributed by atoms with Crippen molar-refractivity contribution in [2.24, 2.45) is 5.73 Å². The minimum atomic E-state index is -5.08. The number of carboxylic acid groups (broad SMARTS) is 1. The van der Waals surface area contributed by atoms with Crippen molar-refractivity contribution >= 4 is 46.8 Å². The van der Waals surface area contributed by atoms with Gasteiger partial charge in [0.05, 0.1) is 17.2 Å². The molecule has 7 N–H and O–H groups in total. The van der Waals surface area contributed by atoms with Crippen LogP contribution in [0.15, 0.2) is 66.7 Å². The number of anilines is 1. The summed E-state index contributed by atoms with van der Waals surface area (Å²) in [7, 11) is 3.25. The Hall–Kier alpha value is -5.51. The fourth-order valence-corrected chi connectivity index (χ4v) is 3.70. The standard InChI is InChI=1S/C28H31ClN6O5.C2HF3O2/c1-4-39-23-15-18(11-14-22(23)40-16-24(36)35(2)3)25(32-19-12-9-17(10-13-19)26(30)31)28(38)34-33-27(37)20-7-5-6-8-21(20)29;3-2(4,5)1(6)7/h5-15,25,32H,4,16H2,1-3H3,(H3,30,31)(H,33,37)(H,34,38);(H,6,7). The van der Waals surface area contributed by atoms with Gasteiger partial charge in [-0.1, -0.05) is 29.8 Å². The molecule has 1 atom stereocenters. The van der Waals surface area contributed by atoms with Crippen molar-refractivity contribution in [2.75, 3.05) is 32.6 Å². The van der Waals surface area contributed by atoms with Gasteiger partial charge < -0.3 is 30.5 Å². The molecule has 0 aliphatic heterocycles. The van der Waals surface area contributed by atoms with Crippen LogP contribution in [0.3, 0.4) is 0 Å². The largest absolute Gasteiger partial charge is 0.490 e. The topological polar surface area (TPSA) is 196 Å². The maximum absolute atomic E-state index is 13.4. The van der Waals surface area contributed by atoms with Crippen molar-refractivity contribution in [1.29, 1.82) is 5.41 Å². The van der Waals surface area contributed by atoms with E-state index in [4.69, 9.17) is 42.1 Å². The van der Waals surface area contributed by atoms with E-state index in [0.29, 0.717) is 34.9 Å². The van der Waals surface area contributed by atoms with Crippen LogP contribution in [0.1, 0.15) is 34.5 Å². The Balaban J connectivity index is 0.000000984. The number of aliphatic carboxylic acids is 1. The molecule has 0 fully saturated rings. The lowest BCUT2D eigenvalue weighted by atomic mass is 10.0. The zero-order valence-electron chi connectivity index (χ0n) is 25.3. The van der Waals surface area contributed by atoms with E-state index in [1.54, 1.807) is 81.7 Å². The Kier molecular flexibility index (Phi) is 13.8. The molecule has 252 valence electrons. The van der Waals surface area contributed by atoms with Crippen LogP contribution in [0, 0.1) is 5.41 Å².